The van der Waals surface area contributed by atoms with Crippen molar-refractivity contribution in [1.82, 2.24) is 5.43 Å². The topological polar surface area (TPSA) is 93.8 Å². The second kappa shape index (κ2) is 8.58. The molecule has 1 amide bonds. The van der Waals surface area contributed by atoms with Gasteiger partial charge in [0.2, 0.25) is 0 Å². The number of amides is 1. The van der Waals surface area contributed by atoms with Gasteiger partial charge in [-0.2, -0.15) is 5.10 Å². The molecule has 0 saturated heterocycles. The zero-order chi connectivity index (χ0) is 18.2. The summed E-state index contributed by atoms with van der Waals surface area (Å²) in [6, 6.07) is 14.0. The van der Waals surface area contributed by atoms with Crippen molar-refractivity contribution in [2.45, 2.75) is 20.3 Å². The summed E-state index contributed by atoms with van der Waals surface area (Å²) < 4.78 is 5.26. The van der Waals surface area contributed by atoms with Gasteiger partial charge in [-0.15, -0.1) is 0 Å². The summed E-state index contributed by atoms with van der Waals surface area (Å²) >= 11 is 0. The second-order valence-electron chi connectivity index (χ2n) is 5.33. The highest BCUT2D eigenvalue weighted by Crippen LogP contribution is 2.27. The second-order valence-corrected chi connectivity index (χ2v) is 5.33. The van der Waals surface area contributed by atoms with Crippen molar-refractivity contribution < 1.29 is 14.5 Å². The summed E-state index contributed by atoms with van der Waals surface area (Å²) in [5.41, 5.74) is 4.63. The highest BCUT2D eigenvalue weighted by atomic mass is 16.6. The van der Waals surface area contributed by atoms with E-state index in [2.05, 4.69) is 10.5 Å². The van der Waals surface area contributed by atoms with Crippen molar-refractivity contribution in [2.75, 3.05) is 6.61 Å². The van der Waals surface area contributed by atoms with Gasteiger partial charge >= 0.3 is 5.69 Å². The van der Waals surface area contributed by atoms with Gasteiger partial charge in [0.1, 0.15) is 0 Å². The molecule has 0 spiro atoms. The minimum Gasteiger partial charge on any atom is -0.477 e. The zero-order valence-corrected chi connectivity index (χ0v) is 14.1. The third-order valence-electron chi connectivity index (χ3n) is 3.43. The van der Waals surface area contributed by atoms with E-state index in [-0.39, 0.29) is 18.0 Å². The van der Waals surface area contributed by atoms with Crippen molar-refractivity contribution in [1.29, 1.82) is 0 Å². The Balaban J connectivity index is 1.99. The fraction of sp³-hybridized carbons (Fsp3) is 0.222. The van der Waals surface area contributed by atoms with Crippen LogP contribution in [0.2, 0.25) is 0 Å². The molecule has 0 atom stereocenters. The molecule has 2 rings (SSSR count). The molecule has 0 unspecified atom stereocenters. The van der Waals surface area contributed by atoms with Crippen molar-refractivity contribution in [2.24, 2.45) is 5.10 Å². The maximum Gasteiger partial charge on any atom is 0.311 e. The first-order valence-corrected chi connectivity index (χ1v) is 7.80. The molecule has 25 heavy (non-hydrogen) atoms. The number of nitro groups is 1. The van der Waals surface area contributed by atoms with Crippen LogP contribution in [-0.4, -0.2) is 23.1 Å². The predicted molar refractivity (Wildman–Crippen MR) is 94.7 cm³/mol. The molecule has 0 aliphatic rings. The number of hydrogen-bond donors (Lipinski definition) is 1. The molecule has 0 radical (unpaired) electrons. The maximum atomic E-state index is 11.9. The van der Waals surface area contributed by atoms with Crippen LogP contribution < -0.4 is 10.2 Å². The Morgan fingerprint density at radius 1 is 1.24 bits per heavy atom. The van der Waals surface area contributed by atoms with Gasteiger partial charge in [-0.25, -0.2) is 5.43 Å². The van der Waals surface area contributed by atoms with E-state index >= 15 is 0 Å². The summed E-state index contributed by atoms with van der Waals surface area (Å²) in [6.45, 7) is 3.32. The Kier molecular flexibility index (Phi) is 6.22. The minimum absolute atomic E-state index is 0.0495. The highest BCUT2D eigenvalue weighted by Gasteiger charge is 2.16. The van der Waals surface area contributed by atoms with Crippen LogP contribution in [0.4, 0.5) is 5.69 Å². The normalized spacial score (nSPS) is 11.0. The number of nitrogens with one attached hydrogen (secondary N) is 1. The smallest absolute Gasteiger partial charge is 0.311 e. The number of benzene rings is 2. The first-order valence-electron chi connectivity index (χ1n) is 7.80. The van der Waals surface area contributed by atoms with Crippen LogP contribution in [0.3, 0.4) is 0 Å². The van der Waals surface area contributed by atoms with Gasteiger partial charge in [0.05, 0.1) is 10.6 Å². The summed E-state index contributed by atoms with van der Waals surface area (Å²) in [5.74, 6) is -0.440. The number of carbonyl (C=O) groups is 1. The number of aryl methyl sites for hydroxylation is 1. The number of carbonyl (C=O) groups excluding carboxylic acids is 1. The first kappa shape index (κ1) is 18.1. The molecule has 0 aromatic heterocycles. The van der Waals surface area contributed by atoms with E-state index < -0.39 is 10.8 Å². The van der Waals surface area contributed by atoms with Gasteiger partial charge in [0, 0.05) is 6.07 Å². The van der Waals surface area contributed by atoms with Crippen LogP contribution in [-0.2, 0) is 4.79 Å². The molecule has 0 aliphatic heterocycles. The average Bonchev–Trinajstić information content (AvgIpc) is 2.62. The summed E-state index contributed by atoms with van der Waals surface area (Å²) in [6.07, 6.45) is 0.647. The number of ether oxygens (including phenoxy) is 1. The van der Waals surface area contributed by atoms with E-state index in [0.717, 1.165) is 16.8 Å². The van der Waals surface area contributed by atoms with Crippen molar-refractivity contribution in [3.05, 3.63) is 69.8 Å². The lowest BCUT2D eigenvalue weighted by Crippen LogP contribution is -2.26. The largest absolute Gasteiger partial charge is 0.477 e. The van der Waals surface area contributed by atoms with Crippen LogP contribution in [0.15, 0.2) is 53.6 Å². The van der Waals surface area contributed by atoms with Gasteiger partial charge in [-0.05, 0) is 30.5 Å². The third kappa shape index (κ3) is 5.13. The molecule has 7 nitrogen and oxygen atoms in total. The number of rotatable bonds is 7. The van der Waals surface area contributed by atoms with Crippen molar-refractivity contribution in [3.8, 4) is 5.75 Å². The molecule has 2 aromatic carbocycles. The third-order valence-corrected chi connectivity index (χ3v) is 3.43. The van der Waals surface area contributed by atoms with Crippen LogP contribution in [0.25, 0.3) is 0 Å². The van der Waals surface area contributed by atoms with E-state index in [9.17, 15) is 14.9 Å². The molecule has 1 N–H and O–H groups in total. The van der Waals surface area contributed by atoms with Crippen LogP contribution in [0.5, 0.6) is 5.75 Å². The predicted octanol–water partition coefficient (Wildman–Crippen LogP) is 3.21. The summed E-state index contributed by atoms with van der Waals surface area (Å²) in [4.78, 5) is 22.4. The lowest BCUT2D eigenvalue weighted by atomic mass is 10.1. The van der Waals surface area contributed by atoms with E-state index in [4.69, 9.17) is 4.74 Å². The molecule has 0 fully saturated rings. The van der Waals surface area contributed by atoms with E-state index in [0.29, 0.717) is 6.42 Å². The van der Waals surface area contributed by atoms with Crippen LogP contribution in [0, 0.1) is 17.0 Å². The first-order chi connectivity index (χ1) is 12.0. The Morgan fingerprint density at radius 2 is 1.96 bits per heavy atom. The monoisotopic (exact) mass is 341 g/mol. The number of hydrogen-bond acceptors (Lipinski definition) is 5. The number of hydrazone groups is 1. The molecule has 0 bridgehead atoms. The van der Waals surface area contributed by atoms with Crippen molar-refractivity contribution >= 4 is 17.3 Å². The fourth-order valence-electron chi connectivity index (χ4n) is 2.18. The Morgan fingerprint density at radius 3 is 2.60 bits per heavy atom. The molecule has 0 saturated carbocycles. The van der Waals surface area contributed by atoms with Gasteiger partial charge in [0.25, 0.3) is 5.91 Å². The number of nitro benzene ring substituents is 1. The number of nitrogens with zero attached hydrogens (tertiary/aromatic N) is 2. The molecule has 0 heterocycles. The lowest BCUT2D eigenvalue weighted by Gasteiger charge is -2.08. The van der Waals surface area contributed by atoms with Gasteiger partial charge in [-0.3, -0.25) is 14.9 Å². The molecule has 2 aromatic rings. The quantitative estimate of drug-likeness (QED) is 0.475. The zero-order valence-electron chi connectivity index (χ0n) is 14.1. The Labute approximate surface area is 145 Å². The van der Waals surface area contributed by atoms with Crippen LogP contribution in [0.1, 0.15) is 24.5 Å². The fourth-order valence-corrected chi connectivity index (χ4v) is 2.18. The average molecular weight is 341 g/mol. The highest BCUT2D eigenvalue weighted by molar-refractivity contribution is 6.00. The molecule has 7 heteroatoms. The lowest BCUT2D eigenvalue weighted by molar-refractivity contribution is -0.385. The standard InChI is InChI=1S/C18H19N3O4/c1-3-15(14-7-5-4-6-8-14)19-20-18(22)12-25-17-10-9-13(2)11-16(17)21(23)24/h4-11H,3,12H2,1-2H3,(H,20,22)/b19-15-. The summed E-state index contributed by atoms with van der Waals surface area (Å²) in [7, 11) is 0. The minimum atomic E-state index is -0.539. The summed E-state index contributed by atoms with van der Waals surface area (Å²) in [5, 5.41) is 15.1. The molecular weight excluding hydrogens is 322 g/mol. The van der Waals surface area contributed by atoms with Crippen LogP contribution >= 0.6 is 0 Å². The van der Waals surface area contributed by atoms with E-state index in [1.165, 1.54) is 12.1 Å². The molecule has 0 aliphatic carbocycles. The van der Waals surface area contributed by atoms with Crippen molar-refractivity contribution in [3.63, 3.8) is 0 Å². The van der Waals surface area contributed by atoms with E-state index in [1.54, 1.807) is 13.0 Å². The van der Waals surface area contributed by atoms with Gasteiger partial charge in [0.15, 0.2) is 12.4 Å². The maximum absolute atomic E-state index is 11.9. The SMILES string of the molecule is CC/C(=N/NC(=O)COc1ccc(C)cc1[N+](=O)[O-])c1ccccc1. The Bertz CT molecular complexity index is 788. The van der Waals surface area contributed by atoms with Gasteiger partial charge in [-0.1, -0.05) is 43.3 Å². The Hall–Kier alpha value is -3.22. The van der Waals surface area contributed by atoms with Gasteiger partial charge < -0.3 is 4.74 Å². The molecular formula is C18H19N3O4. The molecule has 130 valence electrons. The van der Waals surface area contributed by atoms with E-state index in [1.807, 2.05) is 37.3 Å².